The molecule has 3 rings (SSSR count). The summed E-state index contributed by atoms with van der Waals surface area (Å²) in [7, 11) is 0. The fraction of sp³-hybridized carbons (Fsp3) is 1.00. The van der Waals surface area contributed by atoms with Crippen LogP contribution in [0.1, 0.15) is 71.1 Å². The zero-order chi connectivity index (χ0) is 13.2. The highest BCUT2D eigenvalue weighted by Crippen LogP contribution is 2.38. The van der Waals surface area contributed by atoms with Gasteiger partial charge in [-0.15, -0.1) is 0 Å². The normalized spacial score (nSPS) is 45.5. The van der Waals surface area contributed by atoms with Crippen molar-refractivity contribution >= 4 is 0 Å². The predicted molar refractivity (Wildman–Crippen MR) is 79.1 cm³/mol. The Morgan fingerprint density at radius 2 is 1.74 bits per heavy atom. The molecule has 0 radical (unpaired) electrons. The summed E-state index contributed by atoms with van der Waals surface area (Å²) in [5, 5.41) is 10.4. The minimum absolute atomic E-state index is 0.0136. The molecule has 110 valence electrons. The number of rotatable bonds is 2. The SMILES string of the molecule is CC1CCCC(N2CCCC2C2CCCCC2O)C1. The third kappa shape index (κ3) is 3.00. The molecule has 5 unspecified atom stereocenters. The Bertz CT molecular complexity index is 293. The maximum absolute atomic E-state index is 10.4. The molecule has 0 amide bonds. The molecular formula is C17H31NO. The van der Waals surface area contributed by atoms with Crippen molar-refractivity contribution in [2.45, 2.75) is 89.3 Å². The van der Waals surface area contributed by atoms with Crippen LogP contribution in [0.15, 0.2) is 0 Å². The molecule has 0 spiro atoms. The third-order valence-electron chi connectivity index (χ3n) is 6.00. The van der Waals surface area contributed by atoms with Gasteiger partial charge in [0.05, 0.1) is 6.10 Å². The highest BCUT2D eigenvalue weighted by atomic mass is 16.3. The van der Waals surface area contributed by atoms with Crippen molar-refractivity contribution in [3.05, 3.63) is 0 Å². The van der Waals surface area contributed by atoms with Crippen molar-refractivity contribution in [1.29, 1.82) is 0 Å². The number of aliphatic hydroxyl groups is 1. The van der Waals surface area contributed by atoms with Crippen LogP contribution in [0.25, 0.3) is 0 Å². The first-order valence-electron chi connectivity index (χ1n) is 8.69. The smallest absolute Gasteiger partial charge is 0.0583 e. The summed E-state index contributed by atoms with van der Waals surface area (Å²) < 4.78 is 0. The Labute approximate surface area is 118 Å². The maximum Gasteiger partial charge on any atom is 0.0583 e. The fourth-order valence-electron chi connectivity index (χ4n) is 5.02. The molecule has 1 saturated heterocycles. The van der Waals surface area contributed by atoms with Crippen molar-refractivity contribution in [3.63, 3.8) is 0 Å². The van der Waals surface area contributed by atoms with E-state index >= 15 is 0 Å². The van der Waals surface area contributed by atoms with Crippen molar-refractivity contribution < 1.29 is 5.11 Å². The van der Waals surface area contributed by atoms with E-state index in [4.69, 9.17) is 0 Å². The van der Waals surface area contributed by atoms with Gasteiger partial charge in [-0.05, 0) is 51.0 Å². The Kier molecular flexibility index (Phi) is 4.48. The first-order valence-corrected chi connectivity index (χ1v) is 8.69. The number of likely N-dealkylation sites (tertiary alicyclic amines) is 1. The van der Waals surface area contributed by atoms with Crippen LogP contribution in [0.5, 0.6) is 0 Å². The van der Waals surface area contributed by atoms with Crippen molar-refractivity contribution in [3.8, 4) is 0 Å². The van der Waals surface area contributed by atoms with Crippen LogP contribution >= 0.6 is 0 Å². The molecule has 1 N–H and O–H groups in total. The van der Waals surface area contributed by atoms with Crippen LogP contribution in [0, 0.1) is 11.8 Å². The van der Waals surface area contributed by atoms with Gasteiger partial charge >= 0.3 is 0 Å². The first kappa shape index (κ1) is 13.9. The topological polar surface area (TPSA) is 23.5 Å². The predicted octanol–water partition coefficient (Wildman–Crippen LogP) is 3.58. The van der Waals surface area contributed by atoms with E-state index in [0.717, 1.165) is 18.4 Å². The molecule has 19 heavy (non-hydrogen) atoms. The average Bonchev–Trinajstić information content (AvgIpc) is 2.88. The molecule has 1 aliphatic heterocycles. The van der Waals surface area contributed by atoms with Gasteiger partial charge in [-0.1, -0.05) is 32.6 Å². The molecular weight excluding hydrogens is 234 g/mol. The van der Waals surface area contributed by atoms with Crippen molar-refractivity contribution in [2.75, 3.05) is 6.54 Å². The van der Waals surface area contributed by atoms with E-state index in [-0.39, 0.29) is 6.10 Å². The molecule has 0 bridgehead atoms. The molecule has 1 heterocycles. The zero-order valence-electron chi connectivity index (χ0n) is 12.6. The van der Waals surface area contributed by atoms with Gasteiger partial charge in [0.15, 0.2) is 0 Å². The summed E-state index contributed by atoms with van der Waals surface area (Å²) in [6.07, 6.45) is 13.2. The minimum Gasteiger partial charge on any atom is -0.393 e. The Morgan fingerprint density at radius 1 is 0.895 bits per heavy atom. The summed E-state index contributed by atoms with van der Waals surface area (Å²) in [6.45, 7) is 3.72. The molecule has 2 aliphatic carbocycles. The monoisotopic (exact) mass is 265 g/mol. The molecule has 2 nitrogen and oxygen atoms in total. The van der Waals surface area contributed by atoms with E-state index in [2.05, 4.69) is 11.8 Å². The number of hydrogen-bond acceptors (Lipinski definition) is 2. The second-order valence-corrected chi connectivity index (χ2v) is 7.39. The van der Waals surface area contributed by atoms with E-state index in [0.29, 0.717) is 12.0 Å². The van der Waals surface area contributed by atoms with E-state index in [1.54, 1.807) is 0 Å². The first-order chi connectivity index (χ1) is 9.25. The number of nitrogens with zero attached hydrogens (tertiary/aromatic N) is 1. The summed E-state index contributed by atoms with van der Waals surface area (Å²) in [4.78, 5) is 2.81. The fourth-order valence-corrected chi connectivity index (χ4v) is 5.02. The molecule has 0 aromatic carbocycles. The van der Waals surface area contributed by atoms with Crippen LogP contribution in [-0.4, -0.2) is 34.7 Å². The molecule has 3 aliphatic rings. The lowest BCUT2D eigenvalue weighted by Crippen LogP contribution is -2.48. The van der Waals surface area contributed by atoms with Gasteiger partial charge in [-0.3, -0.25) is 4.90 Å². The van der Waals surface area contributed by atoms with Gasteiger partial charge in [-0.2, -0.15) is 0 Å². The molecule has 2 heteroatoms. The van der Waals surface area contributed by atoms with E-state index in [1.807, 2.05) is 0 Å². The lowest BCUT2D eigenvalue weighted by Gasteiger charge is -2.43. The van der Waals surface area contributed by atoms with Crippen molar-refractivity contribution in [2.24, 2.45) is 11.8 Å². The van der Waals surface area contributed by atoms with Crippen molar-refractivity contribution in [1.82, 2.24) is 4.90 Å². The van der Waals surface area contributed by atoms with Gasteiger partial charge < -0.3 is 5.11 Å². The van der Waals surface area contributed by atoms with Crippen LogP contribution in [0.2, 0.25) is 0 Å². The van der Waals surface area contributed by atoms with Gasteiger partial charge in [0, 0.05) is 18.0 Å². The van der Waals surface area contributed by atoms with Gasteiger partial charge in [0.1, 0.15) is 0 Å². The van der Waals surface area contributed by atoms with E-state index < -0.39 is 0 Å². The minimum atomic E-state index is -0.0136. The van der Waals surface area contributed by atoms with E-state index in [9.17, 15) is 5.11 Å². The maximum atomic E-state index is 10.4. The second-order valence-electron chi connectivity index (χ2n) is 7.39. The summed E-state index contributed by atoms with van der Waals surface area (Å²) in [5.74, 6) is 1.49. The lowest BCUT2D eigenvalue weighted by atomic mass is 9.79. The van der Waals surface area contributed by atoms with Crippen LogP contribution in [-0.2, 0) is 0 Å². The summed E-state index contributed by atoms with van der Waals surface area (Å²) in [6, 6.07) is 1.52. The molecule has 3 fully saturated rings. The van der Waals surface area contributed by atoms with Crippen LogP contribution in [0.4, 0.5) is 0 Å². The molecule has 0 aromatic heterocycles. The summed E-state index contributed by atoms with van der Waals surface area (Å²) >= 11 is 0. The lowest BCUT2D eigenvalue weighted by molar-refractivity contribution is 0.00209. The molecule has 5 atom stereocenters. The van der Waals surface area contributed by atoms with Gasteiger partial charge in [0.2, 0.25) is 0 Å². The second kappa shape index (κ2) is 6.13. The van der Waals surface area contributed by atoms with Crippen LogP contribution in [0.3, 0.4) is 0 Å². The van der Waals surface area contributed by atoms with Gasteiger partial charge in [0.25, 0.3) is 0 Å². The molecule has 0 aromatic rings. The highest BCUT2D eigenvalue weighted by Gasteiger charge is 2.40. The summed E-state index contributed by atoms with van der Waals surface area (Å²) in [5.41, 5.74) is 0. The number of hydrogen-bond donors (Lipinski definition) is 1. The average molecular weight is 265 g/mol. The quantitative estimate of drug-likeness (QED) is 0.825. The third-order valence-corrected chi connectivity index (χ3v) is 6.00. The Hall–Kier alpha value is -0.0800. The van der Waals surface area contributed by atoms with Crippen LogP contribution < -0.4 is 0 Å². The van der Waals surface area contributed by atoms with E-state index in [1.165, 1.54) is 64.3 Å². The number of aliphatic hydroxyl groups excluding tert-OH is 1. The Morgan fingerprint density at radius 3 is 2.53 bits per heavy atom. The zero-order valence-corrected chi connectivity index (χ0v) is 12.6. The van der Waals surface area contributed by atoms with Gasteiger partial charge in [-0.25, -0.2) is 0 Å². The largest absolute Gasteiger partial charge is 0.393 e. The Balaban J connectivity index is 1.66. The molecule has 2 saturated carbocycles. The standard InChI is InChI=1S/C17H31NO/c1-13-6-4-7-14(12-13)18-11-5-9-16(18)15-8-2-3-10-17(15)19/h13-17,19H,2-12H2,1H3. The highest BCUT2D eigenvalue weighted by molar-refractivity contribution is 4.94.